The summed E-state index contributed by atoms with van der Waals surface area (Å²) in [4.78, 5) is 78.5. The number of fused-ring (bicyclic) bond motifs is 1. The zero-order valence-corrected chi connectivity index (χ0v) is 33.2. The first kappa shape index (κ1) is 42.4. The molecular formula is C35H48Cl2N6O9. The highest BCUT2D eigenvalue weighted by atomic mass is 35.5. The van der Waals surface area contributed by atoms with Crippen molar-refractivity contribution >= 4 is 64.5 Å². The number of nitrogens with zero attached hydrogens (tertiary/aromatic N) is 4. The molecule has 4 amide bonds. The van der Waals surface area contributed by atoms with E-state index in [1.807, 2.05) is 0 Å². The number of rotatable bonds is 9. The minimum Gasteiger partial charge on any atom is -0.459 e. The summed E-state index contributed by atoms with van der Waals surface area (Å²) in [5.74, 6) is -4.05. The van der Waals surface area contributed by atoms with E-state index < -0.39 is 64.6 Å². The topological polar surface area (TPSA) is 179 Å². The highest BCUT2D eigenvalue weighted by Gasteiger charge is 2.53. The van der Waals surface area contributed by atoms with E-state index in [0.717, 1.165) is 4.90 Å². The van der Waals surface area contributed by atoms with Crippen LogP contribution in [0.25, 0.3) is 0 Å². The van der Waals surface area contributed by atoms with Crippen LogP contribution in [0.3, 0.4) is 0 Å². The summed E-state index contributed by atoms with van der Waals surface area (Å²) in [6.07, 6.45) is -2.12. The van der Waals surface area contributed by atoms with Gasteiger partial charge in [-0.2, -0.15) is 4.90 Å². The lowest BCUT2D eigenvalue weighted by Crippen LogP contribution is -2.64. The maximum atomic E-state index is 14.4. The third kappa shape index (κ3) is 11.7. The minimum atomic E-state index is -2.57. The van der Waals surface area contributed by atoms with Crippen molar-refractivity contribution in [2.24, 2.45) is 5.41 Å². The maximum Gasteiger partial charge on any atom is 0.426 e. The molecule has 1 aliphatic rings. The van der Waals surface area contributed by atoms with Crippen molar-refractivity contribution in [1.82, 2.24) is 20.2 Å². The smallest absolute Gasteiger partial charge is 0.426 e. The predicted octanol–water partition coefficient (Wildman–Crippen LogP) is 7.22. The van der Waals surface area contributed by atoms with Gasteiger partial charge in [0.05, 0.1) is 34.9 Å². The number of halogens is 2. The van der Waals surface area contributed by atoms with E-state index in [1.165, 1.54) is 24.3 Å². The van der Waals surface area contributed by atoms with Crippen molar-refractivity contribution in [3.63, 3.8) is 0 Å². The zero-order valence-electron chi connectivity index (χ0n) is 31.6. The van der Waals surface area contributed by atoms with Crippen LogP contribution in [0.1, 0.15) is 94.5 Å². The Labute approximate surface area is 314 Å². The van der Waals surface area contributed by atoms with E-state index in [9.17, 15) is 24.0 Å². The number of hydrogen-bond acceptors (Lipinski definition) is 12. The van der Waals surface area contributed by atoms with E-state index >= 15 is 0 Å². The summed E-state index contributed by atoms with van der Waals surface area (Å²) < 4.78 is 23.0. The molecule has 0 radical (unpaired) electrons. The van der Waals surface area contributed by atoms with Gasteiger partial charge in [-0.1, -0.05) is 44.0 Å². The number of hydrogen-bond donors (Lipinski definition) is 2. The van der Waals surface area contributed by atoms with Gasteiger partial charge in [-0.3, -0.25) is 14.9 Å². The molecule has 2 aromatic heterocycles. The van der Waals surface area contributed by atoms with E-state index in [2.05, 4.69) is 20.6 Å². The highest BCUT2D eigenvalue weighted by Crippen LogP contribution is 2.34. The number of nitrogens with one attached hydrogen (secondary N) is 2. The minimum absolute atomic E-state index is 0.00746. The molecule has 15 nitrogen and oxygen atoms in total. The van der Waals surface area contributed by atoms with Crippen LogP contribution in [0, 0.1) is 5.41 Å². The van der Waals surface area contributed by atoms with Crippen molar-refractivity contribution in [2.75, 3.05) is 16.8 Å². The van der Waals surface area contributed by atoms with Crippen molar-refractivity contribution in [1.29, 1.82) is 0 Å². The van der Waals surface area contributed by atoms with Gasteiger partial charge in [0.15, 0.2) is 0 Å². The second-order valence-electron chi connectivity index (χ2n) is 16.0. The fourth-order valence-electron chi connectivity index (χ4n) is 4.81. The molecule has 3 heterocycles. The Bertz CT molecular complexity index is 1710. The third-order valence-corrected chi connectivity index (χ3v) is 7.03. The van der Waals surface area contributed by atoms with Crippen LogP contribution in [0.4, 0.5) is 25.8 Å². The number of amides is 4. The van der Waals surface area contributed by atoms with Crippen LogP contribution in [-0.2, 0) is 41.6 Å². The van der Waals surface area contributed by atoms with Crippen LogP contribution >= 0.6 is 23.2 Å². The second kappa shape index (κ2) is 15.5. The standard InChI is InChI=1S/C35H48Cl2N6O9/c1-31(2,3)27(45)35(52-34(10,11)12,38-17-21-20(13-15-24(36)39-21)41-28(46)50-33(7,8)9)51-30(48)43-23-14-16-25(37)40-22(23)18-42(29(43)47)19-26(44)49-32(4,5)6/h13-16,38H,17-19H2,1-12H3,(H,41,46). The number of aromatic nitrogens is 2. The monoisotopic (exact) mass is 766 g/mol. The molecule has 0 saturated heterocycles. The summed E-state index contributed by atoms with van der Waals surface area (Å²) in [6.45, 7) is 18.7. The van der Waals surface area contributed by atoms with E-state index in [0.29, 0.717) is 4.90 Å². The summed E-state index contributed by atoms with van der Waals surface area (Å²) in [7, 11) is 0. The molecule has 0 aromatic carbocycles. The van der Waals surface area contributed by atoms with Gasteiger partial charge in [0.2, 0.25) is 5.78 Å². The van der Waals surface area contributed by atoms with Gasteiger partial charge in [0, 0.05) is 12.0 Å². The molecule has 0 saturated carbocycles. The lowest BCUT2D eigenvalue weighted by Gasteiger charge is -2.42. The summed E-state index contributed by atoms with van der Waals surface area (Å²) in [5, 5.41) is 5.64. The van der Waals surface area contributed by atoms with Crippen LogP contribution < -0.4 is 15.5 Å². The Balaban J connectivity index is 2.11. The molecule has 1 aliphatic heterocycles. The normalized spacial score (nSPS) is 15.0. The molecule has 17 heteroatoms. The number of carbonyl (C=O) groups excluding carboxylic acids is 5. The Morgan fingerprint density at radius 1 is 0.788 bits per heavy atom. The largest absolute Gasteiger partial charge is 0.459 e. The van der Waals surface area contributed by atoms with Crippen molar-refractivity contribution in [3.8, 4) is 0 Å². The van der Waals surface area contributed by atoms with Gasteiger partial charge in [-0.05, 0) is 86.6 Å². The van der Waals surface area contributed by atoms with Gasteiger partial charge in [-0.15, -0.1) is 0 Å². The Morgan fingerprint density at radius 3 is 1.92 bits per heavy atom. The average Bonchev–Trinajstić information content (AvgIpc) is 2.94. The number of anilines is 2. The highest BCUT2D eigenvalue weighted by molar-refractivity contribution is 6.29. The van der Waals surface area contributed by atoms with Crippen LogP contribution in [0.2, 0.25) is 10.3 Å². The molecule has 0 aliphatic carbocycles. The van der Waals surface area contributed by atoms with Crippen LogP contribution in [0.15, 0.2) is 24.3 Å². The molecule has 52 heavy (non-hydrogen) atoms. The molecule has 1 atom stereocenters. The summed E-state index contributed by atoms with van der Waals surface area (Å²) in [6, 6.07) is 4.74. The molecule has 2 aromatic rings. The number of esters is 1. The predicted molar refractivity (Wildman–Crippen MR) is 194 cm³/mol. The van der Waals surface area contributed by atoms with Crippen LogP contribution in [-0.4, -0.2) is 74.1 Å². The van der Waals surface area contributed by atoms with Crippen molar-refractivity contribution < 1.29 is 42.9 Å². The first-order valence-electron chi connectivity index (χ1n) is 16.4. The number of imide groups is 1. The van der Waals surface area contributed by atoms with Gasteiger partial charge in [0.1, 0.15) is 28.1 Å². The lowest BCUT2D eigenvalue weighted by atomic mass is 9.88. The molecule has 2 N–H and O–H groups in total. The van der Waals surface area contributed by atoms with Gasteiger partial charge in [-0.25, -0.2) is 29.7 Å². The number of ether oxygens (including phenoxy) is 4. The first-order valence-corrected chi connectivity index (χ1v) is 17.2. The molecular weight excluding hydrogens is 719 g/mol. The van der Waals surface area contributed by atoms with E-state index in [-0.39, 0.29) is 46.2 Å². The molecule has 0 spiro atoms. The SMILES string of the molecule is CC(C)(C)OC(=O)CN1Cc2nc(Cl)ccc2N(C(=O)OC(NCc2nc(Cl)ccc2NC(=O)OC(C)(C)C)(OC(C)(C)C)C(=O)C(C)(C)C)C1=O. The van der Waals surface area contributed by atoms with E-state index in [1.54, 1.807) is 83.1 Å². The first-order chi connectivity index (χ1) is 23.6. The van der Waals surface area contributed by atoms with Gasteiger partial charge in [0.25, 0.3) is 0 Å². The lowest BCUT2D eigenvalue weighted by molar-refractivity contribution is -0.259. The number of carbonyl (C=O) groups is 5. The number of ketones is 1. The third-order valence-electron chi connectivity index (χ3n) is 6.61. The quantitative estimate of drug-likeness (QED) is 0.113. The summed E-state index contributed by atoms with van der Waals surface area (Å²) in [5.41, 5.74) is -3.53. The molecule has 0 bridgehead atoms. The van der Waals surface area contributed by atoms with E-state index in [4.69, 9.17) is 42.1 Å². The Hall–Kier alpha value is -4.05. The second-order valence-corrected chi connectivity index (χ2v) is 16.8. The molecule has 3 rings (SSSR count). The average molecular weight is 768 g/mol. The maximum absolute atomic E-state index is 14.4. The fourth-order valence-corrected chi connectivity index (χ4v) is 5.14. The van der Waals surface area contributed by atoms with Crippen molar-refractivity contribution in [3.05, 3.63) is 46.0 Å². The zero-order chi connectivity index (χ0) is 39.6. The number of pyridine rings is 2. The Kier molecular flexibility index (Phi) is 12.6. The van der Waals surface area contributed by atoms with Gasteiger partial charge < -0.3 is 23.8 Å². The number of Topliss-reactive ketones (excluding diaryl/α,β-unsaturated/α-hetero) is 1. The fraction of sp³-hybridized carbons (Fsp3) is 0.571. The molecule has 286 valence electrons. The number of urea groups is 1. The molecule has 0 fully saturated rings. The molecule has 1 unspecified atom stereocenters. The van der Waals surface area contributed by atoms with Crippen LogP contribution in [0.5, 0.6) is 0 Å². The summed E-state index contributed by atoms with van der Waals surface area (Å²) >= 11 is 12.4. The van der Waals surface area contributed by atoms with Crippen molar-refractivity contribution in [2.45, 2.75) is 119 Å². The Morgan fingerprint density at radius 2 is 1.37 bits per heavy atom. The van der Waals surface area contributed by atoms with Gasteiger partial charge >= 0.3 is 30.1 Å².